The SMILES string of the molecule is CCOC(=O)c1ccc(-n2cc(C#N)c3cc(OCC(=O)OC)ccc32)cc1OCOC. The van der Waals surface area contributed by atoms with E-state index in [0.717, 1.165) is 5.52 Å². The highest BCUT2D eigenvalue weighted by Crippen LogP contribution is 2.31. The van der Waals surface area contributed by atoms with Gasteiger partial charge in [0.15, 0.2) is 13.4 Å². The molecule has 0 spiro atoms. The van der Waals surface area contributed by atoms with Crippen molar-refractivity contribution in [2.45, 2.75) is 6.92 Å². The van der Waals surface area contributed by atoms with Gasteiger partial charge in [0.25, 0.3) is 0 Å². The van der Waals surface area contributed by atoms with Crippen LogP contribution in [0.3, 0.4) is 0 Å². The van der Waals surface area contributed by atoms with Gasteiger partial charge in [-0.3, -0.25) is 0 Å². The van der Waals surface area contributed by atoms with Gasteiger partial charge in [0.1, 0.15) is 23.1 Å². The molecule has 0 amide bonds. The van der Waals surface area contributed by atoms with E-state index in [1.807, 2.05) is 0 Å². The van der Waals surface area contributed by atoms with Crippen LogP contribution in [-0.2, 0) is 19.0 Å². The number of nitriles is 1. The van der Waals surface area contributed by atoms with Crippen molar-refractivity contribution in [1.29, 1.82) is 5.26 Å². The molecule has 0 aliphatic rings. The molecule has 0 fully saturated rings. The van der Waals surface area contributed by atoms with Crippen molar-refractivity contribution in [2.75, 3.05) is 34.2 Å². The maximum atomic E-state index is 12.3. The molecule has 0 unspecified atom stereocenters. The minimum absolute atomic E-state index is 0.0490. The molecule has 0 saturated carbocycles. The van der Waals surface area contributed by atoms with Gasteiger partial charge in [0.2, 0.25) is 0 Å². The van der Waals surface area contributed by atoms with E-state index in [1.165, 1.54) is 14.2 Å². The van der Waals surface area contributed by atoms with Crippen molar-refractivity contribution in [2.24, 2.45) is 0 Å². The van der Waals surface area contributed by atoms with Crippen LogP contribution < -0.4 is 9.47 Å². The molecule has 3 rings (SSSR count). The fourth-order valence-electron chi connectivity index (χ4n) is 3.08. The Kier molecular flexibility index (Phi) is 7.31. The first-order chi connectivity index (χ1) is 15.5. The predicted octanol–water partition coefficient (Wildman–Crippen LogP) is 3.21. The molecular formula is C23H22N2O7. The van der Waals surface area contributed by atoms with Crippen LogP contribution in [0.5, 0.6) is 11.5 Å². The number of aromatic nitrogens is 1. The molecule has 32 heavy (non-hydrogen) atoms. The van der Waals surface area contributed by atoms with E-state index in [-0.39, 0.29) is 25.6 Å². The van der Waals surface area contributed by atoms with Crippen LogP contribution in [0.2, 0.25) is 0 Å². The highest BCUT2D eigenvalue weighted by molar-refractivity contribution is 5.93. The molecule has 0 radical (unpaired) electrons. The average molecular weight is 438 g/mol. The fraction of sp³-hybridized carbons (Fsp3) is 0.261. The lowest BCUT2D eigenvalue weighted by atomic mass is 10.1. The largest absolute Gasteiger partial charge is 0.482 e. The first-order valence-electron chi connectivity index (χ1n) is 9.70. The third kappa shape index (κ3) is 4.82. The lowest BCUT2D eigenvalue weighted by molar-refractivity contribution is -0.142. The highest BCUT2D eigenvalue weighted by Gasteiger charge is 2.17. The van der Waals surface area contributed by atoms with Crippen LogP contribution in [0.25, 0.3) is 16.6 Å². The maximum Gasteiger partial charge on any atom is 0.343 e. The van der Waals surface area contributed by atoms with Gasteiger partial charge in [-0.05, 0) is 37.3 Å². The number of hydrogen-bond donors (Lipinski definition) is 0. The third-order valence-corrected chi connectivity index (χ3v) is 4.55. The van der Waals surface area contributed by atoms with Gasteiger partial charge >= 0.3 is 11.9 Å². The topological polar surface area (TPSA) is 109 Å². The van der Waals surface area contributed by atoms with Crippen molar-refractivity contribution in [3.05, 3.63) is 53.7 Å². The van der Waals surface area contributed by atoms with Gasteiger partial charge in [0.05, 0.1) is 24.8 Å². The van der Waals surface area contributed by atoms with Crippen LogP contribution in [0.1, 0.15) is 22.8 Å². The summed E-state index contributed by atoms with van der Waals surface area (Å²) in [6.07, 6.45) is 1.67. The number of carbonyl (C=O) groups is 2. The number of ether oxygens (including phenoxy) is 5. The molecule has 166 valence electrons. The summed E-state index contributed by atoms with van der Waals surface area (Å²) < 4.78 is 27.4. The smallest absolute Gasteiger partial charge is 0.343 e. The molecule has 3 aromatic rings. The second-order valence-electron chi connectivity index (χ2n) is 6.52. The molecule has 0 atom stereocenters. The minimum atomic E-state index is -0.507. The molecular weight excluding hydrogens is 416 g/mol. The molecule has 1 heterocycles. The van der Waals surface area contributed by atoms with E-state index < -0.39 is 11.9 Å². The van der Waals surface area contributed by atoms with E-state index in [0.29, 0.717) is 28.1 Å². The predicted molar refractivity (Wildman–Crippen MR) is 114 cm³/mol. The van der Waals surface area contributed by atoms with Gasteiger partial charge < -0.3 is 28.3 Å². The molecule has 0 aliphatic carbocycles. The zero-order valence-corrected chi connectivity index (χ0v) is 17.9. The number of rotatable bonds is 9. The fourth-order valence-corrected chi connectivity index (χ4v) is 3.08. The van der Waals surface area contributed by atoms with Crippen LogP contribution in [0.15, 0.2) is 42.6 Å². The zero-order valence-electron chi connectivity index (χ0n) is 17.9. The number of nitrogens with zero attached hydrogens (tertiary/aromatic N) is 2. The summed E-state index contributed by atoms with van der Waals surface area (Å²) in [5.74, 6) is -0.291. The number of esters is 2. The van der Waals surface area contributed by atoms with Gasteiger partial charge in [-0.2, -0.15) is 5.26 Å². The Morgan fingerprint density at radius 2 is 1.91 bits per heavy atom. The lowest BCUT2D eigenvalue weighted by Crippen LogP contribution is -2.12. The van der Waals surface area contributed by atoms with E-state index in [1.54, 1.807) is 54.1 Å². The molecule has 0 aliphatic heterocycles. The second kappa shape index (κ2) is 10.3. The summed E-state index contributed by atoms with van der Waals surface area (Å²) in [5.41, 5.74) is 2.08. The Balaban J connectivity index is 2.03. The number of fused-ring (bicyclic) bond motifs is 1. The Hall–Kier alpha value is -4.03. The highest BCUT2D eigenvalue weighted by atomic mass is 16.7. The molecule has 0 saturated heterocycles. The van der Waals surface area contributed by atoms with E-state index in [2.05, 4.69) is 10.8 Å². The first-order valence-corrected chi connectivity index (χ1v) is 9.70. The molecule has 0 bridgehead atoms. The summed E-state index contributed by atoms with van der Waals surface area (Å²) in [6.45, 7) is 1.67. The summed E-state index contributed by atoms with van der Waals surface area (Å²) in [6, 6.07) is 12.3. The van der Waals surface area contributed by atoms with Gasteiger partial charge in [-0.1, -0.05) is 0 Å². The van der Waals surface area contributed by atoms with Gasteiger partial charge in [0, 0.05) is 30.4 Å². The Morgan fingerprint density at radius 1 is 1.09 bits per heavy atom. The van der Waals surface area contributed by atoms with Crippen LogP contribution in [0.4, 0.5) is 0 Å². The Morgan fingerprint density at radius 3 is 2.59 bits per heavy atom. The normalized spacial score (nSPS) is 10.4. The molecule has 9 heteroatoms. The summed E-state index contributed by atoms with van der Waals surface area (Å²) in [4.78, 5) is 23.6. The van der Waals surface area contributed by atoms with Crippen molar-refractivity contribution in [3.8, 4) is 23.3 Å². The monoisotopic (exact) mass is 438 g/mol. The Bertz CT molecular complexity index is 1180. The van der Waals surface area contributed by atoms with Gasteiger partial charge in [-0.15, -0.1) is 0 Å². The number of hydrogen-bond acceptors (Lipinski definition) is 8. The van der Waals surface area contributed by atoms with Crippen molar-refractivity contribution in [1.82, 2.24) is 4.57 Å². The van der Waals surface area contributed by atoms with E-state index in [4.69, 9.17) is 18.9 Å². The first kappa shape index (κ1) is 22.7. The summed E-state index contributed by atoms with van der Waals surface area (Å²) in [5, 5.41) is 10.3. The van der Waals surface area contributed by atoms with Crippen LogP contribution in [-0.4, -0.2) is 50.7 Å². The summed E-state index contributed by atoms with van der Waals surface area (Å²) in [7, 11) is 2.76. The number of methoxy groups -OCH3 is 2. The molecule has 9 nitrogen and oxygen atoms in total. The quantitative estimate of drug-likeness (QED) is 0.370. The standard InChI is InChI=1S/C23H22N2O7/c1-4-30-23(27)18-7-5-16(9-21(18)32-14-28-2)25-12-15(11-24)19-10-17(6-8-20(19)25)31-13-22(26)29-3/h5-10,12H,4,13-14H2,1-3H3. The maximum absolute atomic E-state index is 12.3. The third-order valence-electron chi connectivity index (χ3n) is 4.55. The van der Waals surface area contributed by atoms with Crippen LogP contribution >= 0.6 is 0 Å². The van der Waals surface area contributed by atoms with Crippen LogP contribution in [0, 0.1) is 11.3 Å². The molecule has 1 aromatic heterocycles. The zero-order chi connectivity index (χ0) is 23.1. The molecule has 0 N–H and O–H groups in total. The van der Waals surface area contributed by atoms with Crippen molar-refractivity contribution < 1.29 is 33.3 Å². The number of carbonyl (C=O) groups excluding carboxylic acids is 2. The Labute approximate surface area is 184 Å². The van der Waals surface area contributed by atoms with Crippen molar-refractivity contribution in [3.63, 3.8) is 0 Å². The van der Waals surface area contributed by atoms with E-state index in [9.17, 15) is 14.9 Å². The minimum Gasteiger partial charge on any atom is -0.482 e. The second-order valence-corrected chi connectivity index (χ2v) is 6.52. The average Bonchev–Trinajstić information content (AvgIpc) is 3.19. The molecule has 2 aromatic carbocycles. The van der Waals surface area contributed by atoms with E-state index >= 15 is 0 Å². The number of benzene rings is 2. The summed E-state index contributed by atoms with van der Waals surface area (Å²) >= 11 is 0. The lowest BCUT2D eigenvalue weighted by Gasteiger charge is -2.13. The van der Waals surface area contributed by atoms with Crippen molar-refractivity contribution >= 4 is 22.8 Å². The van der Waals surface area contributed by atoms with Gasteiger partial charge in [-0.25, -0.2) is 9.59 Å².